The molecular formula is C15H21FN2O. The Kier molecular flexibility index (Phi) is 3.46. The number of anilines is 1. The van der Waals surface area contributed by atoms with Crippen LogP contribution in [0.3, 0.4) is 0 Å². The van der Waals surface area contributed by atoms with Crippen molar-refractivity contribution >= 4 is 5.69 Å². The van der Waals surface area contributed by atoms with E-state index in [2.05, 4.69) is 10.2 Å². The summed E-state index contributed by atoms with van der Waals surface area (Å²) in [5.41, 5.74) is 0.472. The third kappa shape index (κ3) is 2.60. The van der Waals surface area contributed by atoms with E-state index >= 15 is 0 Å². The monoisotopic (exact) mass is 264 g/mol. The van der Waals surface area contributed by atoms with E-state index in [0.717, 1.165) is 25.1 Å². The number of benzene rings is 1. The fourth-order valence-electron chi connectivity index (χ4n) is 3.50. The van der Waals surface area contributed by atoms with E-state index in [1.54, 1.807) is 6.07 Å². The molecule has 0 aromatic heterocycles. The van der Waals surface area contributed by atoms with Crippen molar-refractivity contribution in [1.29, 1.82) is 0 Å². The quantitative estimate of drug-likeness (QED) is 0.879. The maximum Gasteiger partial charge on any atom is 0.125 e. The Morgan fingerprint density at radius 1 is 1.42 bits per heavy atom. The number of piperidine rings is 1. The predicted molar refractivity (Wildman–Crippen MR) is 73.7 cm³/mol. The number of hydrogen-bond acceptors (Lipinski definition) is 3. The van der Waals surface area contributed by atoms with Crippen molar-refractivity contribution in [2.45, 2.75) is 37.3 Å². The highest BCUT2D eigenvalue weighted by Crippen LogP contribution is 2.35. The molecule has 3 nitrogen and oxygen atoms in total. The molecule has 0 radical (unpaired) electrons. The van der Waals surface area contributed by atoms with Crippen LogP contribution in [0.5, 0.6) is 0 Å². The van der Waals surface area contributed by atoms with Crippen LogP contribution in [0.1, 0.15) is 25.7 Å². The van der Waals surface area contributed by atoms with Crippen LogP contribution in [-0.4, -0.2) is 41.3 Å². The zero-order chi connectivity index (χ0) is 13.3. The second-order valence-electron chi connectivity index (χ2n) is 5.86. The molecule has 2 aliphatic rings. The number of hydrogen-bond donors (Lipinski definition) is 2. The predicted octanol–water partition coefficient (Wildman–Crippen LogP) is 2.23. The van der Waals surface area contributed by atoms with Gasteiger partial charge in [0.15, 0.2) is 0 Å². The first-order valence-corrected chi connectivity index (χ1v) is 7.09. The molecule has 19 heavy (non-hydrogen) atoms. The third-order valence-corrected chi connectivity index (χ3v) is 4.54. The molecule has 2 aliphatic heterocycles. The van der Waals surface area contributed by atoms with Crippen LogP contribution in [0.2, 0.25) is 0 Å². The molecule has 104 valence electrons. The summed E-state index contributed by atoms with van der Waals surface area (Å²) in [7, 11) is 0. The van der Waals surface area contributed by atoms with Crippen molar-refractivity contribution in [3.05, 3.63) is 30.1 Å². The highest BCUT2D eigenvalue weighted by molar-refractivity contribution is 5.46. The summed E-state index contributed by atoms with van der Waals surface area (Å²) in [5, 5.41) is 13.2. The summed E-state index contributed by atoms with van der Waals surface area (Å²) in [4.78, 5) is 2.52. The number of nitrogens with one attached hydrogen (secondary N) is 1. The largest absolute Gasteiger partial charge is 0.394 e. The lowest BCUT2D eigenvalue weighted by Gasteiger charge is -2.44. The Balaban J connectivity index is 1.76. The van der Waals surface area contributed by atoms with Crippen molar-refractivity contribution in [3.63, 3.8) is 0 Å². The SMILES string of the molecule is OCC1(Nc2cccc(F)c2)CCN2CCCC2C1. The van der Waals surface area contributed by atoms with Crippen molar-refractivity contribution in [3.8, 4) is 0 Å². The highest BCUT2D eigenvalue weighted by atomic mass is 19.1. The van der Waals surface area contributed by atoms with E-state index in [1.807, 2.05) is 6.07 Å². The summed E-state index contributed by atoms with van der Waals surface area (Å²) in [6.45, 7) is 2.31. The topological polar surface area (TPSA) is 35.5 Å². The maximum absolute atomic E-state index is 13.3. The van der Waals surface area contributed by atoms with Gasteiger partial charge in [-0.3, -0.25) is 0 Å². The van der Waals surface area contributed by atoms with E-state index in [-0.39, 0.29) is 18.0 Å². The Hall–Kier alpha value is -1.13. The highest BCUT2D eigenvalue weighted by Gasteiger charge is 2.41. The number of aliphatic hydroxyl groups excluding tert-OH is 1. The number of fused-ring (bicyclic) bond motifs is 1. The molecule has 1 aromatic rings. The third-order valence-electron chi connectivity index (χ3n) is 4.54. The minimum atomic E-state index is -0.292. The summed E-state index contributed by atoms with van der Waals surface area (Å²) in [5.74, 6) is -0.239. The van der Waals surface area contributed by atoms with Crippen LogP contribution < -0.4 is 5.32 Å². The molecule has 2 N–H and O–H groups in total. The van der Waals surface area contributed by atoms with Crippen LogP contribution in [0.4, 0.5) is 10.1 Å². The lowest BCUT2D eigenvalue weighted by atomic mass is 9.83. The molecule has 0 aliphatic carbocycles. The van der Waals surface area contributed by atoms with Crippen LogP contribution in [-0.2, 0) is 0 Å². The molecule has 0 amide bonds. The lowest BCUT2D eigenvalue weighted by molar-refractivity contribution is 0.0964. The number of halogens is 1. The summed E-state index contributed by atoms with van der Waals surface area (Å²) in [6.07, 6.45) is 4.33. The molecule has 1 aromatic carbocycles. The summed E-state index contributed by atoms with van der Waals surface area (Å²) >= 11 is 0. The molecule has 4 heteroatoms. The normalized spacial score (nSPS) is 31.2. The summed E-state index contributed by atoms with van der Waals surface area (Å²) < 4.78 is 13.3. The average molecular weight is 264 g/mol. The molecule has 0 bridgehead atoms. The van der Waals surface area contributed by atoms with Gasteiger partial charge in [-0.25, -0.2) is 4.39 Å². The van der Waals surface area contributed by atoms with Gasteiger partial charge in [-0.1, -0.05) is 6.07 Å². The van der Waals surface area contributed by atoms with Crippen LogP contribution >= 0.6 is 0 Å². The number of aliphatic hydroxyl groups is 1. The molecule has 2 saturated heterocycles. The van der Waals surface area contributed by atoms with E-state index in [0.29, 0.717) is 6.04 Å². The second kappa shape index (κ2) is 5.10. The van der Waals surface area contributed by atoms with Crippen molar-refractivity contribution in [2.75, 3.05) is 25.0 Å². The van der Waals surface area contributed by atoms with Gasteiger partial charge in [0.1, 0.15) is 5.82 Å². The van der Waals surface area contributed by atoms with Gasteiger partial charge in [0.2, 0.25) is 0 Å². The smallest absolute Gasteiger partial charge is 0.125 e. The van der Waals surface area contributed by atoms with Crippen molar-refractivity contribution in [1.82, 2.24) is 4.90 Å². The molecule has 0 saturated carbocycles. The molecule has 2 heterocycles. The maximum atomic E-state index is 13.3. The molecule has 3 rings (SSSR count). The van der Waals surface area contributed by atoms with Gasteiger partial charge < -0.3 is 15.3 Å². The standard InChI is InChI=1S/C15H21FN2O/c16-12-3-1-4-13(9-12)17-15(11-19)6-8-18-7-2-5-14(18)10-15/h1,3-4,9,14,17,19H,2,5-8,10-11H2. The molecule has 2 unspecified atom stereocenters. The Morgan fingerprint density at radius 2 is 2.32 bits per heavy atom. The Bertz CT molecular complexity index is 454. The lowest BCUT2D eigenvalue weighted by Crippen LogP contribution is -2.54. The minimum Gasteiger partial charge on any atom is -0.394 e. The van der Waals surface area contributed by atoms with E-state index in [9.17, 15) is 9.50 Å². The zero-order valence-corrected chi connectivity index (χ0v) is 11.1. The number of nitrogens with zero attached hydrogens (tertiary/aromatic N) is 1. The van der Waals surface area contributed by atoms with Crippen LogP contribution in [0, 0.1) is 5.82 Å². The van der Waals surface area contributed by atoms with Crippen molar-refractivity contribution in [2.24, 2.45) is 0 Å². The van der Waals surface area contributed by atoms with E-state index < -0.39 is 0 Å². The van der Waals surface area contributed by atoms with Gasteiger partial charge in [-0.15, -0.1) is 0 Å². The fourth-order valence-corrected chi connectivity index (χ4v) is 3.50. The van der Waals surface area contributed by atoms with Gasteiger partial charge >= 0.3 is 0 Å². The van der Waals surface area contributed by atoms with Gasteiger partial charge in [0.25, 0.3) is 0 Å². The first-order valence-electron chi connectivity index (χ1n) is 7.09. The first kappa shape index (κ1) is 12.9. The molecule has 2 atom stereocenters. The van der Waals surface area contributed by atoms with E-state index in [4.69, 9.17) is 0 Å². The Labute approximate surface area is 113 Å². The molecule has 2 fully saturated rings. The minimum absolute atomic E-state index is 0.105. The zero-order valence-electron chi connectivity index (χ0n) is 11.1. The molecular weight excluding hydrogens is 243 g/mol. The summed E-state index contributed by atoms with van der Waals surface area (Å²) in [6, 6.07) is 7.07. The van der Waals surface area contributed by atoms with Crippen molar-refractivity contribution < 1.29 is 9.50 Å². The number of rotatable bonds is 3. The fraction of sp³-hybridized carbons (Fsp3) is 0.600. The van der Waals surface area contributed by atoms with Gasteiger partial charge in [-0.2, -0.15) is 0 Å². The van der Waals surface area contributed by atoms with E-state index in [1.165, 1.54) is 31.5 Å². The Morgan fingerprint density at radius 3 is 3.11 bits per heavy atom. The van der Waals surface area contributed by atoms with Gasteiger partial charge in [0.05, 0.1) is 12.1 Å². The average Bonchev–Trinajstić information content (AvgIpc) is 2.86. The van der Waals surface area contributed by atoms with Crippen LogP contribution in [0.25, 0.3) is 0 Å². The van der Waals surface area contributed by atoms with Crippen LogP contribution in [0.15, 0.2) is 24.3 Å². The van der Waals surface area contributed by atoms with Gasteiger partial charge in [0, 0.05) is 18.3 Å². The first-order chi connectivity index (χ1) is 9.21. The van der Waals surface area contributed by atoms with Gasteiger partial charge in [-0.05, 0) is 50.4 Å². The molecule has 0 spiro atoms. The second-order valence-corrected chi connectivity index (χ2v) is 5.86.